The molecule has 0 unspecified atom stereocenters. The lowest BCUT2D eigenvalue weighted by Crippen LogP contribution is -2.43. The van der Waals surface area contributed by atoms with Gasteiger partial charge in [0.05, 0.1) is 0 Å². The minimum atomic E-state index is 0.0797. The number of carbonyl (C=O) groups excluding carboxylic acids is 2. The molecule has 164 valence electrons. The fraction of sp³-hybridized carbons (Fsp3) is 0.667. The molecule has 1 N–H and O–H groups in total. The number of likely N-dealkylation sites (tertiary alicyclic amines) is 2. The number of amides is 2. The largest absolute Gasteiger partial charge is 0.490 e. The van der Waals surface area contributed by atoms with Crippen LogP contribution in [0.1, 0.15) is 68.1 Å². The van der Waals surface area contributed by atoms with Gasteiger partial charge in [-0.05, 0) is 69.2 Å². The minimum absolute atomic E-state index is 0.0797. The molecule has 1 atom stereocenters. The highest BCUT2D eigenvalue weighted by Crippen LogP contribution is 2.32. The van der Waals surface area contributed by atoms with Crippen molar-refractivity contribution in [3.63, 3.8) is 0 Å². The van der Waals surface area contributed by atoms with E-state index >= 15 is 0 Å². The van der Waals surface area contributed by atoms with Gasteiger partial charge in [0, 0.05) is 56.6 Å². The van der Waals surface area contributed by atoms with Crippen LogP contribution in [0.5, 0.6) is 5.75 Å². The molecule has 1 aliphatic carbocycles. The third-order valence-corrected chi connectivity index (χ3v) is 6.67. The smallest absolute Gasteiger partial charge is 0.254 e. The monoisotopic (exact) mass is 414 g/mol. The molecule has 1 saturated carbocycles. The maximum Gasteiger partial charge on any atom is 0.254 e. The van der Waals surface area contributed by atoms with Crippen LogP contribution in [0.15, 0.2) is 24.3 Å². The Morgan fingerprint density at radius 1 is 0.967 bits per heavy atom. The van der Waals surface area contributed by atoms with Gasteiger partial charge in [0.1, 0.15) is 11.9 Å². The zero-order valence-electron chi connectivity index (χ0n) is 17.8. The maximum atomic E-state index is 13.0. The van der Waals surface area contributed by atoms with Gasteiger partial charge in [-0.3, -0.25) is 9.59 Å². The summed E-state index contributed by atoms with van der Waals surface area (Å²) >= 11 is 0. The van der Waals surface area contributed by atoms with Crippen molar-refractivity contribution in [2.24, 2.45) is 5.92 Å². The number of benzene rings is 1. The molecule has 3 aliphatic rings. The Hall–Kier alpha value is -2.08. The number of aliphatic hydroxyl groups excluding tert-OH is 1. The van der Waals surface area contributed by atoms with Crippen molar-refractivity contribution in [3.8, 4) is 5.75 Å². The van der Waals surface area contributed by atoms with Crippen LogP contribution in [0.25, 0.3) is 0 Å². The molecule has 4 rings (SSSR count). The Morgan fingerprint density at radius 3 is 2.37 bits per heavy atom. The van der Waals surface area contributed by atoms with Crippen LogP contribution in [0.3, 0.4) is 0 Å². The summed E-state index contributed by atoms with van der Waals surface area (Å²) in [5, 5.41) is 9.14. The standard InChI is InChI=1S/C24H34N2O4/c27-17-3-5-20-4-1-2-14-26(20)24(29)19-8-10-21(11-9-19)30-22-12-15-25(16-13-22)23(28)18-6-7-18/h8-11,18,20,22,27H,1-7,12-17H2/t20-/m0/s1. The Labute approximate surface area is 179 Å². The quantitative estimate of drug-likeness (QED) is 0.744. The second-order valence-corrected chi connectivity index (χ2v) is 8.96. The molecule has 2 aliphatic heterocycles. The molecule has 3 fully saturated rings. The zero-order valence-corrected chi connectivity index (χ0v) is 17.8. The van der Waals surface area contributed by atoms with E-state index in [4.69, 9.17) is 9.84 Å². The van der Waals surface area contributed by atoms with E-state index < -0.39 is 0 Å². The second-order valence-electron chi connectivity index (χ2n) is 8.96. The van der Waals surface area contributed by atoms with Gasteiger partial charge < -0.3 is 19.6 Å². The molecule has 6 nitrogen and oxygen atoms in total. The van der Waals surface area contributed by atoms with Crippen LogP contribution in [0.2, 0.25) is 0 Å². The Balaban J connectivity index is 1.29. The Morgan fingerprint density at radius 2 is 1.70 bits per heavy atom. The number of ether oxygens (including phenoxy) is 1. The van der Waals surface area contributed by atoms with Crippen LogP contribution in [-0.4, -0.2) is 65.1 Å². The van der Waals surface area contributed by atoms with Crippen LogP contribution >= 0.6 is 0 Å². The summed E-state index contributed by atoms with van der Waals surface area (Å²) in [6.07, 6.45) is 8.79. The first-order valence-electron chi connectivity index (χ1n) is 11.6. The van der Waals surface area contributed by atoms with Gasteiger partial charge in [-0.25, -0.2) is 0 Å². The molecular weight excluding hydrogens is 380 g/mol. The Kier molecular flexibility index (Phi) is 6.93. The first kappa shape index (κ1) is 21.2. The fourth-order valence-electron chi connectivity index (χ4n) is 4.71. The third kappa shape index (κ3) is 5.15. The number of aliphatic hydroxyl groups is 1. The van der Waals surface area contributed by atoms with Gasteiger partial charge >= 0.3 is 0 Å². The third-order valence-electron chi connectivity index (χ3n) is 6.67. The van der Waals surface area contributed by atoms with Gasteiger partial charge in [0.15, 0.2) is 0 Å². The van der Waals surface area contributed by atoms with Gasteiger partial charge in [0.2, 0.25) is 5.91 Å². The van der Waals surface area contributed by atoms with Crippen molar-refractivity contribution in [2.45, 2.75) is 69.9 Å². The zero-order chi connectivity index (χ0) is 20.9. The summed E-state index contributed by atoms with van der Waals surface area (Å²) in [4.78, 5) is 29.2. The molecule has 0 aromatic heterocycles. The lowest BCUT2D eigenvalue weighted by atomic mass is 9.97. The molecule has 1 aromatic carbocycles. The summed E-state index contributed by atoms with van der Waals surface area (Å²) in [6, 6.07) is 7.74. The normalized spacial score (nSPS) is 22.8. The summed E-state index contributed by atoms with van der Waals surface area (Å²) in [5.41, 5.74) is 0.697. The van der Waals surface area contributed by atoms with Crippen LogP contribution in [0.4, 0.5) is 0 Å². The number of piperidine rings is 2. The number of carbonyl (C=O) groups is 2. The molecule has 2 heterocycles. The first-order chi connectivity index (χ1) is 14.7. The number of rotatable bonds is 7. The summed E-state index contributed by atoms with van der Waals surface area (Å²) < 4.78 is 6.12. The molecule has 1 aromatic rings. The highest BCUT2D eigenvalue weighted by Gasteiger charge is 2.35. The highest BCUT2D eigenvalue weighted by molar-refractivity contribution is 5.94. The molecule has 2 saturated heterocycles. The number of nitrogens with zero attached hydrogens (tertiary/aromatic N) is 2. The predicted octanol–water partition coefficient (Wildman–Crippen LogP) is 3.23. The van der Waals surface area contributed by atoms with Crippen molar-refractivity contribution in [1.82, 2.24) is 9.80 Å². The molecule has 0 bridgehead atoms. The van der Waals surface area contributed by atoms with Gasteiger partial charge in [-0.2, -0.15) is 0 Å². The van der Waals surface area contributed by atoms with Gasteiger partial charge in [0.25, 0.3) is 5.91 Å². The van der Waals surface area contributed by atoms with E-state index in [9.17, 15) is 9.59 Å². The molecular formula is C24H34N2O4. The first-order valence-corrected chi connectivity index (χ1v) is 11.6. The van der Waals surface area contributed by atoms with E-state index in [1.54, 1.807) is 0 Å². The second kappa shape index (κ2) is 9.82. The van der Waals surface area contributed by atoms with Crippen LogP contribution < -0.4 is 4.74 Å². The van der Waals surface area contributed by atoms with Gasteiger partial charge in [-0.15, -0.1) is 0 Å². The minimum Gasteiger partial charge on any atom is -0.490 e. The van der Waals surface area contributed by atoms with E-state index in [1.807, 2.05) is 34.1 Å². The van der Waals surface area contributed by atoms with Crippen molar-refractivity contribution >= 4 is 11.8 Å². The molecule has 0 spiro atoms. The van der Waals surface area contributed by atoms with E-state index in [1.165, 1.54) is 0 Å². The number of hydrogen-bond donors (Lipinski definition) is 1. The van der Waals surface area contributed by atoms with E-state index in [0.717, 1.165) is 83.2 Å². The average Bonchev–Trinajstić information content (AvgIpc) is 3.63. The molecule has 30 heavy (non-hydrogen) atoms. The maximum absolute atomic E-state index is 13.0. The van der Waals surface area contributed by atoms with E-state index in [2.05, 4.69) is 0 Å². The summed E-state index contributed by atoms with van der Waals surface area (Å²) in [6.45, 7) is 2.53. The molecule has 0 radical (unpaired) electrons. The lowest BCUT2D eigenvalue weighted by Gasteiger charge is -2.36. The Bertz CT molecular complexity index is 723. The van der Waals surface area contributed by atoms with E-state index in [0.29, 0.717) is 11.5 Å². The predicted molar refractivity (Wildman–Crippen MR) is 114 cm³/mol. The SMILES string of the molecule is O=C(C1CC1)N1CCC(Oc2ccc(C(=O)N3CCCC[C@H]3CCCO)cc2)CC1. The topological polar surface area (TPSA) is 70.1 Å². The van der Waals surface area contributed by atoms with Gasteiger partial charge in [-0.1, -0.05) is 0 Å². The number of hydrogen-bond acceptors (Lipinski definition) is 4. The van der Waals surface area contributed by atoms with Crippen LogP contribution in [0, 0.1) is 5.92 Å². The van der Waals surface area contributed by atoms with E-state index in [-0.39, 0.29) is 30.6 Å². The molecule has 6 heteroatoms. The van der Waals surface area contributed by atoms with Crippen LogP contribution in [-0.2, 0) is 4.79 Å². The lowest BCUT2D eigenvalue weighted by molar-refractivity contribution is -0.134. The fourth-order valence-corrected chi connectivity index (χ4v) is 4.71. The average molecular weight is 415 g/mol. The highest BCUT2D eigenvalue weighted by atomic mass is 16.5. The van der Waals surface area contributed by atoms with Crippen molar-refractivity contribution in [2.75, 3.05) is 26.2 Å². The van der Waals surface area contributed by atoms with Crippen molar-refractivity contribution in [3.05, 3.63) is 29.8 Å². The van der Waals surface area contributed by atoms with Crippen molar-refractivity contribution < 1.29 is 19.4 Å². The molecule has 2 amide bonds. The summed E-state index contributed by atoms with van der Waals surface area (Å²) in [5.74, 6) is 1.48. The summed E-state index contributed by atoms with van der Waals surface area (Å²) in [7, 11) is 0. The van der Waals surface area contributed by atoms with Crippen molar-refractivity contribution in [1.29, 1.82) is 0 Å².